The van der Waals surface area contributed by atoms with Gasteiger partial charge < -0.3 is 9.94 Å². The average Bonchev–Trinajstić information content (AvgIpc) is 1.83. The minimum absolute atomic E-state index is 0.656. The Morgan fingerprint density at radius 3 is 2.88 bits per heavy atom. The van der Waals surface area contributed by atoms with E-state index in [-0.39, 0.29) is 0 Å². The normalized spacial score (nSPS) is 8.75. The van der Waals surface area contributed by atoms with Gasteiger partial charge in [0, 0.05) is 0 Å². The van der Waals surface area contributed by atoms with Crippen molar-refractivity contribution >= 4 is 5.97 Å². The Balaban J connectivity index is 2.99. The van der Waals surface area contributed by atoms with Crippen LogP contribution in [0.4, 0.5) is 0 Å². The minimum atomic E-state index is -0.785. The number of aliphatic hydroxyl groups is 1. The molecule has 0 bridgehead atoms. The maximum absolute atomic E-state index is 9.96. The molecule has 0 aromatic carbocycles. The van der Waals surface area contributed by atoms with E-state index in [0.29, 0.717) is 0 Å². The maximum atomic E-state index is 9.96. The second-order valence-electron chi connectivity index (χ2n) is 0.920. The summed E-state index contributed by atoms with van der Waals surface area (Å²) in [5, 5.41) is 7.99. The molecular weight excluding hydrogens is 114 g/mol. The van der Waals surface area contributed by atoms with Crippen molar-refractivity contribution in [2.45, 2.75) is 0 Å². The van der Waals surface area contributed by atoms with E-state index in [9.17, 15) is 4.79 Å². The van der Waals surface area contributed by atoms with Crippen molar-refractivity contribution in [3.05, 3.63) is 0 Å². The summed E-state index contributed by atoms with van der Waals surface area (Å²) in [5.41, 5.74) is 1.79. The molecule has 0 fully saturated rings. The lowest BCUT2D eigenvalue weighted by molar-refractivity contribution is -0.187. The van der Waals surface area contributed by atoms with Crippen LogP contribution < -0.4 is 5.64 Å². The first-order chi connectivity index (χ1) is 3.81. The molecular formula is C3H7NO4. The largest absolute Gasteiger partial charge is 0.385 e. The number of carbonyl (C=O) groups excluding carboxylic acids is 1. The summed E-state index contributed by atoms with van der Waals surface area (Å²) >= 11 is 0. The Morgan fingerprint density at radius 1 is 1.88 bits per heavy atom. The molecule has 0 aliphatic heterocycles. The molecule has 8 heavy (non-hydrogen) atoms. The van der Waals surface area contributed by atoms with Gasteiger partial charge in [-0.2, -0.15) is 0 Å². The summed E-state index contributed by atoms with van der Waals surface area (Å²) in [7, 11) is 1.28. The van der Waals surface area contributed by atoms with Crippen molar-refractivity contribution in [1.82, 2.24) is 5.64 Å². The van der Waals surface area contributed by atoms with E-state index < -0.39 is 12.6 Å². The molecule has 48 valence electrons. The summed E-state index contributed by atoms with van der Waals surface area (Å²) in [5.74, 6) is -0.785. The molecule has 5 heteroatoms. The molecule has 2 N–H and O–H groups in total. The molecule has 0 aromatic heterocycles. The van der Waals surface area contributed by atoms with Gasteiger partial charge in [-0.1, -0.05) is 0 Å². The summed E-state index contributed by atoms with van der Waals surface area (Å²) in [6, 6.07) is 0. The predicted molar refractivity (Wildman–Crippen MR) is 23.3 cm³/mol. The zero-order valence-corrected chi connectivity index (χ0v) is 4.38. The third kappa shape index (κ3) is 3.54. The monoisotopic (exact) mass is 121 g/mol. The van der Waals surface area contributed by atoms with Gasteiger partial charge in [0.15, 0.2) is 0 Å². The van der Waals surface area contributed by atoms with Crippen molar-refractivity contribution in [3.63, 3.8) is 0 Å². The molecule has 0 unspecified atom stereocenters. The summed E-state index contributed by atoms with van der Waals surface area (Å²) in [4.78, 5) is 18.0. The highest BCUT2D eigenvalue weighted by Crippen LogP contribution is 1.67. The van der Waals surface area contributed by atoms with Crippen molar-refractivity contribution in [1.29, 1.82) is 0 Å². The van der Waals surface area contributed by atoms with E-state index in [1.807, 2.05) is 0 Å². The quantitative estimate of drug-likeness (QED) is 0.449. The maximum Gasteiger partial charge on any atom is 0.352 e. The van der Waals surface area contributed by atoms with Gasteiger partial charge in [-0.3, -0.25) is 4.84 Å². The Hall–Kier alpha value is -0.650. The number of hydrogen-bond acceptors (Lipinski definition) is 5. The van der Waals surface area contributed by atoms with Crippen molar-refractivity contribution in [3.8, 4) is 0 Å². The third-order valence-corrected chi connectivity index (χ3v) is 0.368. The van der Waals surface area contributed by atoms with Gasteiger partial charge >= 0.3 is 5.97 Å². The molecule has 0 saturated heterocycles. The van der Waals surface area contributed by atoms with Gasteiger partial charge in [0.2, 0.25) is 0 Å². The number of aliphatic hydroxyl groups excluding tert-OH is 1. The highest BCUT2D eigenvalue weighted by atomic mass is 16.9. The van der Waals surface area contributed by atoms with E-state index in [4.69, 9.17) is 5.11 Å². The summed E-state index contributed by atoms with van der Waals surface area (Å²) in [6.07, 6.45) is 0. The highest BCUT2D eigenvalue weighted by molar-refractivity contribution is 5.69. The van der Waals surface area contributed by atoms with Crippen LogP contribution in [0.25, 0.3) is 0 Å². The van der Waals surface area contributed by atoms with Gasteiger partial charge in [0.1, 0.15) is 6.61 Å². The van der Waals surface area contributed by atoms with Crippen LogP contribution in [-0.2, 0) is 14.5 Å². The molecule has 0 aromatic rings. The molecule has 0 heterocycles. The molecule has 0 amide bonds. The first-order valence-corrected chi connectivity index (χ1v) is 1.89. The SMILES string of the molecule is CONOC(=O)CO. The predicted octanol–water partition coefficient (Wildman–Crippen LogP) is -1.41. The van der Waals surface area contributed by atoms with Gasteiger partial charge in [0.05, 0.1) is 7.11 Å². The Morgan fingerprint density at radius 2 is 2.50 bits per heavy atom. The van der Waals surface area contributed by atoms with Crippen LogP contribution in [0.3, 0.4) is 0 Å². The number of nitrogens with one attached hydrogen (secondary N) is 1. The van der Waals surface area contributed by atoms with Crippen LogP contribution in [-0.4, -0.2) is 24.8 Å². The van der Waals surface area contributed by atoms with E-state index in [1.54, 1.807) is 5.64 Å². The fourth-order valence-electron chi connectivity index (χ4n) is 0.120. The van der Waals surface area contributed by atoms with E-state index in [1.165, 1.54) is 7.11 Å². The molecule has 5 nitrogen and oxygen atoms in total. The number of carbonyl (C=O) groups is 1. The molecule has 0 aliphatic rings. The second-order valence-corrected chi connectivity index (χ2v) is 0.920. The summed E-state index contributed by atoms with van der Waals surface area (Å²) < 4.78 is 0. The average molecular weight is 121 g/mol. The van der Waals surface area contributed by atoms with Gasteiger partial charge in [-0.15, -0.1) is 0 Å². The number of hydrogen-bond donors (Lipinski definition) is 2. The fraction of sp³-hybridized carbons (Fsp3) is 0.667. The smallest absolute Gasteiger partial charge is 0.352 e. The number of rotatable bonds is 3. The van der Waals surface area contributed by atoms with Crippen molar-refractivity contribution < 1.29 is 19.6 Å². The standard InChI is InChI=1S/C3H7NO4/c1-7-4-8-3(6)2-5/h4-5H,2H2,1H3. The lowest BCUT2D eigenvalue weighted by Crippen LogP contribution is -2.20. The lowest BCUT2D eigenvalue weighted by Gasteiger charge is -1.97. The Bertz CT molecular complexity index is 73.7. The van der Waals surface area contributed by atoms with Crippen LogP contribution in [0, 0.1) is 0 Å². The fourth-order valence-corrected chi connectivity index (χ4v) is 0.120. The van der Waals surface area contributed by atoms with Crippen LogP contribution >= 0.6 is 0 Å². The minimum Gasteiger partial charge on any atom is -0.385 e. The molecule has 0 saturated carbocycles. The van der Waals surface area contributed by atoms with Crippen LogP contribution in [0.2, 0.25) is 0 Å². The zero-order chi connectivity index (χ0) is 6.41. The Labute approximate surface area is 46.1 Å². The van der Waals surface area contributed by atoms with Crippen LogP contribution in [0.1, 0.15) is 0 Å². The van der Waals surface area contributed by atoms with Crippen molar-refractivity contribution in [2.75, 3.05) is 13.7 Å². The first kappa shape index (κ1) is 7.35. The van der Waals surface area contributed by atoms with Gasteiger partial charge in [-0.25, -0.2) is 4.79 Å². The van der Waals surface area contributed by atoms with Crippen molar-refractivity contribution in [2.24, 2.45) is 0 Å². The van der Waals surface area contributed by atoms with Gasteiger partial charge in [0.25, 0.3) is 0 Å². The molecule has 0 radical (unpaired) electrons. The topological polar surface area (TPSA) is 67.8 Å². The molecule has 0 rings (SSSR count). The van der Waals surface area contributed by atoms with E-state index in [0.717, 1.165) is 0 Å². The lowest BCUT2D eigenvalue weighted by atomic mass is 10.8. The molecule has 0 atom stereocenters. The Kier molecular flexibility index (Phi) is 4.14. The van der Waals surface area contributed by atoms with Gasteiger partial charge in [-0.05, 0) is 5.64 Å². The van der Waals surface area contributed by atoms with Crippen LogP contribution in [0.5, 0.6) is 0 Å². The highest BCUT2D eigenvalue weighted by Gasteiger charge is 1.95. The zero-order valence-electron chi connectivity index (χ0n) is 4.38. The molecule has 0 aliphatic carbocycles. The summed E-state index contributed by atoms with van der Waals surface area (Å²) in [6.45, 7) is -0.656. The second kappa shape index (κ2) is 4.51. The van der Waals surface area contributed by atoms with E-state index >= 15 is 0 Å². The van der Waals surface area contributed by atoms with Crippen LogP contribution in [0.15, 0.2) is 0 Å². The van der Waals surface area contributed by atoms with E-state index in [2.05, 4.69) is 9.68 Å². The molecule has 0 spiro atoms. The third-order valence-electron chi connectivity index (χ3n) is 0.368. The first-order valence-electron chi connectivity index (χ1n) is 1.89.